The van der Waals surface area contributed by atoms with Gasteiger partial charge in [-0.1, -0.05) is 0 Å². The van der Waals surface area contributed by atoms with Crippen LogP contribution in [0.3, 0.4) is 0 Å². The fourth-order valence-electron chi connectivity index (χ4n) is 2.42. The van der Waals surface area contributed by atoms with Crippen molar-refractivity contribution in [3.63, 3.8) is 0 Å². The highest BCUT2D eigenvalue weighted by Crippen LogP contribution is 2.27. The molecule has 0 aliphatic heterocycles. The number of amides is 1. The quantitative estimate of drug-likeness (QED) is 0.320. The number of nitrogens with one attached hydrogen (secondary N) is 3. The predicted molar refractivity (Wildman–Crippen MR) is 108 cm³/mol. The van der Waals surface area contributed by atoms with Crippen molar-refractivity contribution in [1.82, 2.24) is 20.9 Å². The van der Waals surface area contributed by atoms with Crippen LogP contribution in [-0.2, 0) is 4.79 Å². The minimum atomic E-state index is -0.211. The molecule has 0 bridgehead atoms. The molecule has 3 N–H and O–H groups in total. The molecule has 0 spiro atoms. The maximum atomic E-state index is 11.8. The van der Waals surface area contributed by atoms with Gasteiger partial charge in [0.2, 0.25) is 5.91 Å². The molecule has 1 saturated carbocycles. The van der Waals surface area contributed by atoms with Gasteiger partial charge in [0.15, 0.2) is 5.96 Å². The van der Waals surface area contributed by atoms with Gasteiger partial charge in [-0.3, -0.25) is 14.7 Å². The lowest BCUT2D eigenvalue weighted by atomic mass is 10.1. The first-order valence-electron chi connectivity index (χ1n) is 8.24. The van der Waals surface area contributed by atoms with E-state index < -0.39 is 0 Å². The van der Waals surface area contributed by atoms with Crippen molar-refractivity contribution < 1.29 is 4.79 Å². The molecule has 0 radical (unpaired) electrons. The van der Waals surface area contributed by atoms with Gasteiger partial charge >= 0.3 is 0 Å². The molecule has 0 unspecified atom stereocenters. The molecule has 0 saturated heterocycles. The van der Waals surface area contributed by atoms with E-state index in [4.69, 9.17) is 0 Å². The number of aliphatic imine (C=N–C) groups is 1. The molecule has 23 heavy (non-hydrogen) atoms. The molecule has 1 aliphatic carbocycles. The third-order valence-electron chi connectivity index (χ3n) is 3.50. The topological polar surface area (TPSA) is 68.8 Å². The summed E-state index contributed by atoms with van der Waals surface area (Å²) in [6, 6.07) is 1.33. The van der Waals surface area contributed by atoms with Gasteiger partial charge in [-0.15, -0.1) is 24.0 Å². The van der Waals surface area contributed by atoms with Gasteiger partial charge in [0.05, 0.1) is 6.54 Å². The largest absolute Gasteiger partial charge is 0.355 e. The number of halogens is 1. The van der Waals surface area contributed by atoms with E-state index in [1.807, 2.05) is 20.8 Å². The second-order valence-electron chi connectivity index (χ2n) is 7.21. The van der Waals surface area contributed by atoms with E-state index in [1.165, 1.54) is 12.8 Å². The lowest BCUT2D eigenvalue weighted by Gasteiger charge is -2.26. The van der Waals surface area contributed by atoms with Crippen molar-refractivity contribution in [1.29, 1.82) is 0 Å². The highest BCUT2D eigenvalue weighted by atomic mass is 127. The summed E-state index contributed by atoms with van der Waals surface area (Å²) in [5.41, 5.74) is -0.211. The normalized spacial score (nSPS) is 15.4. The fourth-order valence-corrected chi connectivity index (χ4v) is 2.42. The zero-order chi connectivity index (χ0) is 16.8. The highest BCUT2D eigenvalue weighted by molar-refractivity contribution is 14.0. The van der Waals surface area contributed by atoms with Crippen LogP contribution in [-0.4, -0.2) is 61.1 Å². The van der Waals surface area contributed by atoms with Crippen molar-refractivity contribution in [3.8, 4) is 0 Å². The average Bonchev–Trinajstić information content (AvgIpc) is 3.19. The molecule has 0 atom stereocenters. The zero-order valence-electron chi connectivity index (χ0n) is 15.4. The van der Waals surface area contributed by atoms with Crippen molar-refractivity contribution >= 4 is 35.8 Å². The average molecular weight is 439 g/mol. The Morgan fingerprint density at radius 2 is 1.87 bits per heavy atom. The fraction of sp³-hybridized carbons (Fsp3) is 0.875. The number of rotatable bonds is 7. The molecule has 7 heteroatoms. The maximum absolute atomic E-state index is 11.8. The molecule has 0 aromatic rings. The number of hydrogen-bond acceptors (Lipinski definition) is 3. The van der Waals surface area contributed by atoms with E-state index in [0.29, 0.717) is 12.0 Å². The van der Waals surface area contributed by atoms with E-state index in [-0.39, 0.29) is 42.0 Å². The number of guanidine groups is 1. The first kappa shape index (κ1) is 22.4. The Balaban J connectivity index is 0.00000484. The molecule has 1 fully saturated rings. The van der Waals surface area contributed by atoms with Gasteiger partial charge in [-0.2, -0.15) is 0 Å². The van der Waals surface area contributed by atoms with Crippen molar-refractivity contribution in [3.05, 3.63) is 0 Å². The van der Waals surface area contributed by atoms with Crippen molar-refractivity contribution in [2.24, 2.45) is 4.99 Å². The highest BCUT2D eigenvalue weighted by Gasteiger charge is 2.30. The summed E-state index contributed by atoms with van der Waals surface area (Å²) >= 11 is 0. The Hall–Kier alpha value is -0.570. The lowest BCUT2D eigenvalue weighted by Crippen LogP contribution is -2.49. The summed E-state index contributed by atoms with van der Waals surface area (Å²) in [6.45, 7) is 12.4. The summed E-state index contributed by atoms with van der Waals surface area (Å²) in [5, 5.41) is 9.24. The van der Waals surface area contributed by atoms with Crippen LogP contribution >= 0.6 is 24.0 Å². The van der Waals surface area contributed by atoms with E-state index in [2.05, 4.69) is 39.7 Å². The Kier molecular flexibility index (Phi) is 10.1. The van der Waals surface area contributed by atoms with Crippen molar-refractivity contribution in [2.75, 3.05) is 26.7 Å². The van der Waals surface area contributed by atoms with Crippen LogP contribution in [0.1, 0.15) is 47.5 Å². The van der Waals surface area contributed by atoms with Crippen molar-refractivity contribution in [2.45, 2.75) is 65.1 Å². The van der Waals surface area contributed by atoms with Crippen LogP contribution in [0, 0.1) is 0 Å². The third kappa shape index (κ3) is 10.0. The van der Waals surface area contributed by atoms with E-state index in [0.717, 1.165) is 19.1 Å². The SMILES string of the molecule is CN=C(NCCN(C(C)C)C1CC1)NCC(=O)NC(C)(C)C.I. The number of carbonyl (C=O) groups excluding carboxylic acids is 1. The van der Waals surface area contributed by atoms with Gasteiger partial charge in [0.25, 0.3) is 0 Å². The van der Waals surface area contributed by atoms with Crippen LogP contribution < -0.4 is 16.0 Å². The molecular weight excluding hydrogens is 405 g/mol. The van der Waals surface area contributed by atoms with Crippen LogP contribution in [0.2, 0.25) is 0 Å². The number of carbonyl (C=O) groups is 1. The monoisotopic (exact) mass is 439 g/mol. The Bertz CT molecular complexity index is 386. The summed E-state index contributed by atoms with van der Waals surface area (Å²) in [4.78, 5) is 18.5. The minimum absolute atomic E-state index is 0. The molecule has 1 amide bonds. The lowest BCUT2D eigenvalue weighted by molar-refractivity contribution is -0.121. The Morgan fingerprint density at radius 1 is 1.26 bits per heavy atom. The Labute approximate surface area is 158 Å². The molecule has 0 heterocycles. The molecule has 0 aromatic heterocycles. The second-order valence-corrected chi connectivity index (χ2v) is 7.21. The Morgan fingerprint density at radius 3 is 2.30 bits per heavy atom. The van der Waals surface area contributed by atoms with Gasteiger partial charge in [-0.25, -0.2) is 0 Å². The number of nitrogens with zero attached hydrogens (tertiary/aromatic N) is 2. The summed E-state index contributed by atoms with van der Waals surface area (Å²) in [5.74, 6) is 0.640. The molecule has 6 nitrogen and oxygen atoms in total. The van der Waals surface area contributed by atoms with Gasteiger partial charge in [0.1, 0.15) is 0 Å². The van der Waals surface area contributed by atoms with Gasteiger partial charge < -0.3 is 16.0 Å². The summed E-state index contributed by atoms with van der Waals surface area (Å²) in [7, 11) is 1.72. The first-order valence-corrected chi connectivity index (χ1v) is 8.24. The molecular formula is C16H34IN5O. The predicted octanol–water partition coefficient (Wildman–Crippen LogP) is 1.56. The molecule has 1 rings (SSSR count). The standard InChI is InChI=1S/C16H33N5O.HI/c1-12(2)21(13-7-8-13)10-9-18-15(17-6)19-11-14(22)20-16(3,4)5;/h12-13H,7-11H2,1-6H3,(H,20,22)(H2,17,18,19);1H. The molecule has 0 aromatic carbocycles. The van der Waals surface area contributed by atoms with E-state index in [1.54, 1.807) is 7.05 Å². The first-order chi connectivity index (χ1) is 10.2. The number of hydrogen-bond donors (Lipinski definition) is 3. The van der Waals surface area contributed by atoms with E-state index >= 15 is 0 Å². The molecule has 1 aliphatic rings. The smallest absolute Gasteiger partial charge is 0.239 e. The third-order valence-corrected chi connectivity index (χ3v) is 3.50. The maximum Gasteiger partial charge on any atom is 0.239 e. The summed E-state index contributed by atoms with van der Waals surface area (Å²) in [6.07, 6.45) is 2.64. The zero-order valence-corrected chi connectivity index (χ0v) is 17.7. The second kappa shape index (κ2) is 10.3. The van der Waals surface area contributed by atoms with Crippen LogP contribution in [0.15, 0.2) is 4.99 Å². The van der Waals surface area contributed by atoms with Crippen LogP contribution in [0.4, 0.5) is 0 Å². The van der Waals surface area contributed by atoms with Gasteiger partial charge in [0, 0.05) is 37.8 Å². The molecule has 136 valence electrons. The minimum Gasteiger partial charge on any atom is -0.355 e. The summed E-state index contributed by atoms with van der Waals surface area (Å²) < 4.78 is 0. The van der Waals surface area contributed by atoms with Gasteiger partial charge in [-0.05, 0) is 47.5 Å². The van der Waals surface area contributed by atoms with E-state index in [9.17, 15) is 4.79 Å². The van der Waals surface area contributed by atoms with Crippen LogP contribution in [0.5, 0.6) is 0 Å². The van der Waals surface area contributed by atoms with Crippen LogP contribution in [0.25, 0.3) is 0 Å².